The van der Waals surface area contributed by atoms with Crippen LogP contribution < -0.4 is 20.2 Å². The van der Waals surface area contributed by atoms with Crippen molar-refractivity contribution in [2.45, 2.75) is 24.8 Å². The number of Topliss-reactive ketones (excluding diaryl/α,β-unsaturated/α-hetero) is 1. The third-order valence-corrected chi connectivity index (χ3v) is 10.3. The number of ketones is 1. The number of anilines is 1. The van der Waals surface area contributed by atoms with E-state index in [4.69, 9.17) is 20.0 Å². The summed E-state index contributed by atoms with van der Waals surface area (Å²) in [5, 5.41) is 7.60. The number of carbonyl (C=O) groups excluding carboxylic acids is 6. The fraction of sp³-hybridized carbons (Fsp3) is 0.314. The van der Waals surface area contributed by atoms with Gasteiger partial charge < -0.3 is 35.2 Å². The standard InChI is InChI=1S/C35H37N8O9S2/c1-6-20-16-53-30-26(25(20)34(49)51-19-43-12-8-10-22(14-43)33(48)41(4)5)29(45)28(30)38-31(46)27(23-17-54-35(36)37-23)39-52-15-24(44)50-18-42-11-7-9-21(13-42)32(47)40(2)3/h6-14,17,26,28,30H,1,15-16,18-19H2,2-5H3,(H2-,36,37,38,46)/q+1/p+1/t26?,28-,30-/m1/s1. The molecule has 282 valence electrons. The molecule has 3 atom stereocenters. The molecule has 17 nitrogen and oxygen atoms in total. The summed E-state index contributed by atoms with van der Waals surface area (Å²) in [6.07, 6.45) is 7.83. The van der Waals surface area contributed by atoms with E-state index in [0.717, 1.165) is 11.3 Å². The van der Waals surface area contributed by atoms with Crippen LogP contribution in [0.1, 0.15) is 26.4 Å². The lowest BCUT2D eigenvalue weighted by molar-refractivity contribution is -0.727. The molecule has 3 aromatic heterocycles. The van der Waals surface area contributed by atoms with Crippen LogP contribution in [-0.2, 0) is 47.0 Å². The van der Waals surface area contributed by atoms with E-state index in [1.165, 1.54) is 48.3 Å². The molecule has 0 aromatic carbocycles. The molecule has 4 heterocycles. The van der Waals surface area contributed by atoms with Crippen LogP contribution in [0.15, 0.2) is 83.4 Å². The molecular weight excluding hydrogens is 741 g/mol. The van der Waals surface area contributed by atoms with Crippen molar-refractivity contribution < 1.29 is 52.2 Å². The number of nitrogens with one attached hydrogen (secondary N) is 1. The summed E-state index contributed by atoms with van der Waals surface area (Å²) < 4.78 is 13.8. The summed E-state index contributed by atoms with van der Waals surface area (Å²) in [7, 11) is 6.49. The van der Waals surface area contributed by atoms with Crippen LogP contribution in [0.4, 0.5) is 5.13 Å². The topological polar surface area (TPSA) is 208 Å². The first-order valence-electron chi connectivity index (χ1n) is 16.3. The largest absolute Gasteiger partial charge is 0.402 e. The Morgan fingerprint density at radius 3 is 2.19 bits per heavy atom. The number of nitrogens with zero attached hydrogens (tertiary/aromatic N) is 6. The number of hydrogen-bond acceptors (Lipinski definition) is 14. The molecule has 1 saturated carbocycles. The molecule has 0 saturated heterocycles. The Morgan fingerprint density at radius 2 is 1.63 bits per heavy atom. The van der Waals surface area contributed by atoms with E-state index in [2.05, 4.69) is 22.0 Å². The van der Waals surface area contributed by atoms with Gasteiger partial charge in [-0.3, -0.25) is 19.2 Å². The third-order valence-electron chi connectivity index (χ3n) is 8.17. The molecule has 19 heteroatoms. The highest BCUT2D eigenvalue weighted by atomic mass is 32.2. The lowest BCUT2D eigenvalue weighted by Crippen LogP contribution is -2.66. The van der Waals surface area contributed by atoms with Gasteiger partial charge in [-0.15, -0.1) is 11.3 Å². The molecule has 0 spiro atoms. The van der Waals surface area contributed by atoms with Gasteiger partial charge >= 0.3 is 11.9 Å². The number of nitrogen functional groups attached to an aromatic ring is 1. The molecule has 1 unspecified atom stereocenters. The van der Waals surface area contributed by atoms with Gasteiger partial charge in [0.2, 0.25) is 6.61 Å². The average Bonchev–Trinajstić information content (AvgIpc) is 3.60. The number of esters is 2. The molecule has 1 fully saturated rings. The molecule has 54 heavy (non-hydrogen) atoms. The van der Waals surface area contributed by atoms with Crippen molar-refractivity contribution in [2.75, 3.05) is 46.3 Å². The summed E-state index contributed by atoms with van der Waals surface area (Å²) in [6.45, 7) is 2.69. The van der Waals surface area contributed by atoms with Crippen LogP contribution in [0.2, 0.25) is 0 Å². The summed E-state index contributed by atoms with van der Waals surface area (Å²) in [6, 6.07) is 5.56. The first-order valence-corrected chi connectivity index (χ1v) is 18.2. The van der Waals surface area contributed by atoms with Crippen LogP contribution in [0.3, 0.4) is 0 Å². The highest BCUT2D eigenvalue weighted by Gasteiger charge is 2.56. The highest BCUT2D eigenvalue weighted by Crippen LogP contribution is 2.46. The summed E-state index contributed by atoms with van der Waals surface area (Å²) in [5.41, 5.74) is 6.99. The number of aromatic nitrogens is 3. The van der Waals surface area contributed by atoms with Gasteiger partial charge in [-0.05, 0) is 17.7 Å². The minimum absolute atomic E-state index is 0.0490. The van der Waals surface area contributed by atoms with Crippen molar-refractivity contribution in [3.8, 4) is 0 Å². The van der Waals surface area contributed by atoms with E-state index in [1.54, 1.807) is 71.0 Å². The zero-order valence-electron chi connectivity index (χ0n) is 29.8. The van der Waals surface area contributed by atoms with Gasteiger partial charge in [0.05, 0.1) is 11.5 Å². The van der Waals surface area contributed by atoms with E-state index in [0.29, 0.717) is 22.5 Å². The van der Waals surface area contributed by atoms with E-state index in [-0.39, 0.29) is 47.4 Å². The fourth-order valence-corrected chi connectivity index (χ4v) is 7.52. The number of fused-ring (bicyclic) bond motifs is 1. The third kappa shape index (κ3) is 8.97. The Labute approximate surface area is 318 Å². The SMILES string of the molecule is C=CC1=C(C(=O)OC[n+]2cccc(C(=O)N(C)C)c2)C2C(=O)[C@@H](NC(=O)C(=NOCC(=O)OC[n+]3cccc(C(=O)N(C)C)c3)c3csc(N)n3)[C@@H]2SC1. The minimum atomic E-state index is -0.997. The van der Waals surface area contributed by atoms with E-state index in [1.807, 2.05) is 0 Å². The number of rotatable bonds is 14. The second kappa shape index (κ2) is 17.3. The van der Waals surface area contributed by atoms with Crippen molar-refractivity contribution in [1.82, 2.24) is 20.1 Å². The molecule has 1 aliphatic heterocycles. The second-order valence-corrected chi connectivity index (χ2v) is 14.4. The zero-order chi connectivity index (χ0) is 39.1. The molecule has 0 bridgehead atoms. The van der Waals surface area contributed by atoms with Gasteiger partial charge in [0.15, 0.2) is 41.4 Å². The summed E-state index contributed by atoms with van der Waals surface area (Å²) in [4.78, 5) is 89.7. The molecule has 0 radical (unpaired) electrons. The molecule has 3 amide bonds. The number of thiazole rings is 1. The monoisotopic (exact) mass is 778 g/mol. The first-order chi connectivity index (χ1) is 25.8. The van der Waals surface area contributed by atoms with Gasteiger partial charge in [-0.25, -0.2) is 14.6 Å². The summed E-state index contributed by atoms with van der Waals surface area (Å²) in [5.74, 6) is -3.77. The van der Waals surface area contributed by atoms with E-state index >= 15 is 0 Å². The number of nitrogens with two attached hydrogens (primary N) is 1. The fourth-order valence-electron chi connectivity index (χ4n) is 5.47. The van der Waals surface area contributed by atoms with Gasteiger partial charge in [0.25, 0.3) is 31.2 Å². The van der Waals surface area contributed by atoms with Gasteiger partial charge in [-0.2, -0.15) is 20.9 Å². The number of oxime groups is 1. The van der Waals surface area contributed by atoms with Crippen LogP contribution in [-0.4, -0.2) is 108 Å². The van der Waals surface area contributed by atoms with E-state index in [9.17, 15) is 28.8 Å². The number of carbonyl (C=O) groups is 6. The first kappa shape index (κ1) is 39.3. The molecule has 3 N–H and O–H groups in total. The van der Waals surface area contributed by atoms with Gasteiger partial charge in [0.1, 0.15) is 22.9 Å². The molecular formula is C35H38N8O9S2+2. The number of ether oxygens (including phenoxy) is 2. The second-order valence-electron chi connectivity index (χ2n) is 12.4. The predicted molar refractivity (Wildman–Crippen MR) is 194 cm³/mol. The number of allylic oxidation sites excluding steroid dienone is 1. The van der Waals surface area contributed by atoms with Crippen molar-refractivity contribution in [3.63, 3.8) is 0 Å². The van der Waals surface area contributed by atoms with Crippen molar-refractivity contribution in [3.05, 3.63) is 95.1 Å². The number of pyridine rings is 2. The zero-order valence-corrected chi connectivity index (χ0v) is 31.4. The normalized spacial score (nSPS) is 17.7. The maximum Gasteiger partial charge on any atom is 0.351 e. The van der Waals surface area contributed by atoms with Crippen molar-refractivity contribution in [2.24, 2.45) is 11.1 Å². The maximum absolute atomic E-state index is 13.6. The van der Waals surface area contributed by atoms with Gasteiger partial charge in [0, 0.05) is 56.7 Å². The lowest BCUT2D eigenvalue weighted by atomic mass is 9.71. The van der Waals surface area contributed by atoms with Crippen molar-refractivity contribution >= 4 is 69.4 Å². The summed E-state index contributed by atoms with van der Waals surface area (Å²) >= 11 is 2.42. The maximum atomic E-state index is 13.6. The molecule has 5 rings (SSSR count). The Bertz CT molecular complexity index is 2060. The van der Waals surface area contributed by atoms with Crippen LogP contribution in [0.5, 0.6) is 0 Å². The Kier molecular flexibility index (Phi) is 12.5. The predicted octanol–water partition coefficient (Wildman–Crippen LogP) is 0.108. The molecule has 2 aliphatic rings. The number of thioether (sulfide) groups is 1. The minimum Gasteiger partial charge on any atom is -0.402 e. The number of hydrogen-bond donors (Lipinski definition) is 2. The Morgan fingerprint density at radius 1 is 1.02 bits per heavy atom. The van der Waals surface area contributed by atoms with Crippen LogP contribution >= 0.6 is 23.1 Å². The highest BCUT2D eigenvalue weighted by molar-refractivity contribution is 8.00. The van der Waals surface area contributed by atoms with Crippen molar-refractivity contribution in [1.29, 1.82) is 0 Å². The van der Waals surface area contributed by atoms with E-state index < -0.39 is 47.4 Å². The molecule has 3 aromatic rings. The molecule has 1 aliphatic carbocycles. The average molecular weight is 779 g/mol. The number of amides is 3. The Balaban J connectivity index is 1.22. The van der Waals surface area contributed by atoms with Gasteiger partial charge in [-0.1, -0.05) is 17.8 Å². The Hall–Kier alpha value is -5.95. The van der Waals surface area contributed by atoms with Crippen LogP contribution in [0, 0.1) is 5.92 Å². The van der Waals surface area contributed by atoms with Crippen LogP contribution in [0.25, 0.3) is 0 Å². The lowest BCUT2D eigenvalue weighted by Gasteiger charge is -2.46. The smallest absolute Gasteiger partial charge is 0.351 e. The quantitative estimate of drug-likeness (QED) is 0.0968.